The molecular formula is C94H169NO18. The van der Waals surface area contributed by atoms with E-state index in [1.807, 2.05) is 6.08 Å². The molecule has 17 atom stereocenters. The number of ether oxygens (including phenoxy) is 6. The lowest BCUT2D eigenvalue weighted by molar-refractivity contribution is -0.379. The second kappa shape index (κ2) is 72.9. The smallest absolute Gasteiger partial charge is 0.220 e. The van der Waals surface area contributed by atoms with Crippen molar-refractivity contribution in [2.24, 2.45) is 0 Å². The maximum Gasteiger partial charge on any atom is 0.220 e. The average Bonchev–Trinajstić information content (AvgIpc) is 0.780. The average molecular weight is 1600 g/mol. The number of allylic oxidation sites excluding steroid dienone is 13. The van der Waals surface area contributed by atoms with E-state index in [0.29, 0.717) is 12.8 Å². The van der Waals surface area contributed by atoms with Gasteiger partial charge in [0.2, 0.25) is 5.91 Å². The zero-order valence-corrected chi connectivity index (χ0v) is 71.1. The van der Waals surface area contributed by atoms with Crippen molar-refractivity contribution in [2.75, 3.05) is 26.4 Å². The van der Waals surface area contributed by atoms with Crippen LogP contribution >= 0.6 is 0 Å². The Bertz CT molecular complexity index is 2370. The molecule has 0 aromatic carbocycles. The van der Waals surface area contributed by atoms with E-state index in [0.717, 1.165) is 70.6 Å². The fourth-order valence-electron chi connectivity index (χ4n) is 15.4. The third-order valence-corrected chi connectivity index (χ3v) is 22.7. The van der Waals surface area contributed by atoms with Crippen molar-refractivity contribution in [3.05, 3.63) is 85.1 Å². The third-order valence-electron chi connectivity index (χ3n) is 22.7. The molecule has 0 saturated carbocycles. The first-order chi connectivity index (χ1) is 55.3. The van der Waals surface area contributed by atoms with Gasteiger partial charge in [-0.2, -0.15) is 0 Å². The van der Waals surface area contributed by atoms with Crippen molar-refractivity contribution in [3.8, 4) is 0 Å². The lowest BCUT2D eigenvalue weighted by atomic mass is 9.96. The van der Waals surface area contributed by atoms with Gasteiger partial charge in [-0.25, -0.2) is 0 Å². The molecule has 0 aromatic rings. The van der Waals surface area contributed by atoms with Gasteiger partial charge in [0.25, 0.3) is 0 Å². The van der Waals surface area contributed by atoms with Gasteiger partial charge >= 0.3 is 0 Å². The molecule has 3 heterocycles. The molecule has 3 rings (SSSR count). The van der Waals surface area contributed by atoms with Gasteiger partial charge in [0, 0.05) is 6.42 Å². The minimum atomic E-state index is -1.98. The minimum Gasteiger partial charge on any atom is -0.394 e. The fourth-order valence-corrected chi connectivity index (χ4v) is 15.4. The molecule has 3 aliphatic rings. The lowest BCUT2D eigenvalue weighted by Gasteiger charge is -2.48. The molecule has 19 nitrogen and oxygen atoms in total. The first-order valence-electron chi connectivity index (χ1n) is 46.3. The summed E-state index contributed by atoms with van der Waals surface area (Å²) in [4.78, 5) is 13.5. The van der Waals surface area contributed by atoms with Crippen LogP contribution in [0.4, 0.5) is 0 Å². The highest BCUT2D eigenvalue weighted by Gasteiger charge is 2.54. The Balaban J connectivity index is 1.31. The van der Waals surface area contributed by atoms with E-state index in [1.54, 1.807) is 6.08 Å². The van der Waals surface area contributed by atoms with Crippen LogP contribution in [-0.4, -0.2) is 193 Å². The first-order valence-corrected chi connectivity index (χ1v) is 46.3. The number of unbranched alkanes of at least 4 members (excludes halogenated alkanes) is 47. The summed E-state index contributed by atoms with van der Waals surface area (Å²) >= 11 is 0. The Labute approximate surface area is 686 Å². The van der Waals surface area contributed by atoms with Gasteiger partial charge in [-0.05, 0) is 77.0 Å². The SMILES string of the molecule is CC/C=C\C/C=C\C/C=C\C/C=C\C/C=C\CCCCCCCCCCCCCCCCCCCCCCCCCC(=O)NC(COC1OC(CO)C(OC2OC(CO)C(OC3OC(CO)C(O)C(O)C3O)C(O)C2O)C(O)C1O)C(O)/C=C/CC/C=C/CCCCCCCCCCCCCCCCCCCCCCCCC. The predicted molar refractivity (Wildman–Crippen MR) is 457 cm³/mol. The van der Waals surface area contributed by atoms with E-state index >= 15 is 0 Å². The van der Waals surface area contributed by atoms with Gasteiger partial charge in [-0.1, -0.05) is 375 Å². The van der Waals surface area contributed by atoms with Crippen molar-refractivity contribution in [3.63, 3.8) is 0 Å². The third kappa shape index (κ3) is 51.3. The van der Waals surface area contributed by atoms with Crippen molar-refractivity contribution in [1.82, 2.24) is 5.32 Å². The summed E-state index contributed by atoms with van der Waals surface area (Å²) < 4.78 is 34.5. The van der Waals surface area contributed by atoms with Crippen LogP contribution in [0.1, 0.15) is 373 Å². The fraction of sp³-hybridized carbons (Fsp3) is 0.840. The van der Waals surface area contributed by atoms with Crippen LogP contribution in [0.5, 0.6) is 0 Å². The summed E-state index contributed by atoms with van der Waals surface area (Å²) in [5.74, 6) is -0.280. The Morgan fingerprint density at radius 2 is 0.619 bits per heavy atom. The van der Waals surface area contributed by atoms with E-state index in [-0.39, 0.29) is 18.9 Å². The number of hydrogen-bond acceptors (Lipinski definition) is 18. The van der Waals surface area contributed by atoms with Crippen molar-refractivity contribution in [1.29, 1.82) is 0 Å². The first kappa shape index (κ1) is 104. The highest BCUT2D eigenvalue weighted by Crippen LogP contribution is 2.34. The molecule has 658 valence electrons. The molecule has 0 spiro atoms. The summed E-state index contributed by atoms with van der Waals surface area (Å²) in [6.45, 7) is 1.66. The Hall–Kier alpha value is -3.03. The number of hydrogen-bond donors (Lipinski definition) is 12. The summed E-state index contributed by atoms with van der Waals surface area (Å²) in [5, 5.41) is 121. The van der Waals surface area contributed by atoms with E-state index in [9.17, 15) is 61.0 Å². The van der Waals surface area contributed by atoms with Crippen LogP contribution in [0.25, 0.3) is 0 Å². The molecule has 0 aromatic heterocycles. The van der Waals surface area contributed by atoms with E-state index in [1.165, 1.54) is 270 Å². The van der Waals surface area contributed by atoms with Crippen molar-refractivity contribution < 1.29 is 89.4 Å². The Morgan fingerprint density at radius 3 is 0.991 bits per heavy atom. The van der Waals surface area contributed by atoms with Gasteiger partial charge in [0.15, 0.2) is 18.9 Å². The Kier molecular flexibility index (Phi) is 67.2. The zero-order chi connectivity index (χ0) is 81.7. The molecule has 0 aliphatic carbocycles. The van der Waals surface area contributed by atoms with Gasteiger partial charge in [0.05, 0.1) is 38.6 Å². The van der Waals surface area contributed by atoms with Crippen molar-refractivity contribution in [2.45, 2.75) is 478 Å². The molecule has 12 N–H and O–H groups in total. The van der Waals surface area contributed by atoms with E-state index in [2.05, 4.69) is 92.1 Å². The topological polar surface area (TPSA) is 307 Å². The van der Waals surface area contributed by atoms with Crippen LogP contribution in [0.3, 0.4) is 0 Å². The van der Waals surface area contributed by atoms with E-state index in [4.69, 9.17) is 28.4 Å². The highest BCUT2D eigenvalue weighted by atomic mass is 16.8. The second-order valence-corrected chi connectivity index (χ2v) is 32.7. The minimum absolute atomic E-state index is 0.237. The maximum atomic E-state index is 13.5. The molecule has 1 amide bonds. The summed E-state index contributed by atoms with van der Waals surface area (Å²) in [7, 11) is 0. The molecule has 3 aliphatic heterocycles. The molecule has 3 saturated heterocycles. The summed E-state index contributed by atoms with van der Waals surface area (Å²) in [6.07, 6.45) is 73.2. The van der Waals surface area contributed by atoms with Crippen LogP contribution in [-0.2, 0) is 33.2 Å². The monoisotopic (exact) mass is 1600 g/mol. The zero-order valence-electron chi connectivity index (χ0n) is 71.1. The van der Waals surface area contributed by atoms with Crippen LogP contribution in [0.15, 0.2) is 85.1 Å². The standard InChI is InChI=1S/C94H169NO18/c1-3-5-7-9-11-13-15-17-19-21-23-25-27-29-31-33-34-35-36-37-38-39-40-41-42-44-46-48-50-52-54-56-58-60-62-64-66-68-70-72-82(100)95-77(78(99)71-69-67-65-63-61-59-57-55-53-51-49-47-45-43-32-30-28-26-24-22-20-18-16-14-12-10-8-6-4-2)76-108-92-88(106)85(103)90(80(74-97)110-92)113-94-89(107)86(104)91(81(75-98)111-94)112-93-87(105)84(102)83(101)79(73-96)109-93/h5,7,11,13,17,19,23,25,29,31,61,63,69,71,77-81,83-94,96-99,101-107H,3-4,6,8-10,12,14-16,18,20-22,24,26-28,30,32-60,62,64-68,70,72-76H2,1-2H3,(H,95,100)/b7-5-,13-11-,19-17-,25-23-,31-29-,63-61+,71-69+. The number of amides is 1. The summed E-state index contributed by atoms with van der Waals surface area (Å²) in [6, 6.07) is -0.994. The second-order valence-electron chi connectivity index (χ2n) is 32.7. The van der Waals surface area contributed by atoms with Crippen molar-refractivity contribution >= 4 is 5.91 Å². The number of aliphatic hydroxyl groups is 11. The molecule has 113 heavy (non-hydrogen) atoms. The molecule has 19 heteroatoms. The molecular weight excluding hydrogens is 1430 g/mol. The molecule has 3 fully saturated rings. The molecule has 17 unspecified atom stereocenters. The molecule has 0 radical (unpaired) electrons. The number of carbonyl (C=O) groups excluding carboxylic acids is 1. The Morgan fingerprint density at radius 1 is 0.327 bits per heavy atom. The van der Waals surface area contributed by atoms with Gasteiger partial charge in [-0.15, -0.1) is 0 Å². The van der Waals surface area contributed by atoms with Gasteiger partial charge < -0.3 is 89.9 Å². The van der Waals surface area contributed by atoms with Gasteiger partial charge in [-0.3, -0.25) is 4.79 Å². The number of rotatable bonds is 75. The maximum absolute atomic E-state index is 13.5. The predicted octanol–water partition coefficient (Wildman–Crippen LogP) is 18.1. The number of carbonyl (C=O) groups is 1. The highest BCUT2D eigenvalue weighted by molar-refractivity contribution is 5.76. The quantitative estimate of drug-likeness (QED) is 0.0199. The lowest BCUT2D eigenvalue weighted by Crippen LogP contribution is -2.66. The summed E-state index contributed by atoms with van der Waals surface area (Å²) in [5.41, 5.74) is 0. The number of nitrogens with one attached hydrogen (secondary N) is 1. The molecule has 0 bridgehead atoms. The largest absolute Gasteiger partial charge is 0.394 e. The van der Waals surface area contributed by atoms with Crippen LogP contribution < -0.4 is 5.32 Å². The van der Waals surface area contributed by atoms with Crippen LogP contribution in [0.2, 0.25) is 0 Å². The van der Waals surface area contributed by atoms with Crippen LogP contribution in [0, 0.1) is 0 Å². The van der Waals surface area contributed by atoms with Gasteiger partial charge in [0.1, 0.15) is 73.2 Å². The normalized spacial score (nSPS) is 25.2. The van der Waals surface area contributed by atoms with E-state index < -0.39 is 124 Å². The number of aliphatic hydroxyl groups excluding tert-OH is 11.